The quantitative estimate of drug-likeness (QED) is 0.728. The minimum atomic E-state index is -0.311. The van der Waals surface area contributed by atoms with Crippen molar-refractivity contribution in [2.45, 2.75) is 0 Å². The van der Waals surface area contributed by atoms with Crippen molar-refractivity contribution in [3.8, 4) is 11.5 Å². The maximum Gasteiger partial charge on any atom is 0.257 e. The summed E-state index contributed by atoms with van der Waals surface area (Å²) in [6, 6.07) is 12.0. The fraction of sp³-hybridized carbons (Fsp3) is 0.211. The largest absolute Gasteiger partial charge is 0.378 e. The molecule has 1 aromatic carbocycles. The lowest BCUT2D eigenvalue weighted by Crippen LogP contribution is -2.40. The number of aromatic nitrogens is 3. The van der Waals surface area contributed by atoms with Crippen molar-refractivity contribution in [2.75, 3.05) is 31.6 Å². The molecule has 0 atom stereocenters. The molecule has 0 radical (unpaired) electrons. The van der Waals surface area contributed by atoms with Gasteiger partial charge in [-0.1, -0.05) is 6.07 Å². The highest BCUT2D eigenvalue weighted by molar-refractivity contribution is 7.10. The van der Waals surface area contributed by atoms with Crippen LogP contribution >= 0.6 is 11.5 Å². The van der Waals surface area contributed by atoms with Crippen LogP contribution in [0.2, 0.25) is 0 Å². The Kier molecular flexibility index (Phi) is 5.36. The molecule has 0 bridgehead atoms. The molecule has 1 fully saturated rings. The topological polar surface area (TPSA) is 97.3 Å². The number of hydrogen-bond donors (Lipinski definition) is 1. The minimum absolute atomic E-state index is 0.0561. The Hall–Kier alpha value is -3.17. The van der Waals surface area contributed by atoms with E-state index in [-0.39, 0.29) is 11.8 Å². The zero-order valence-corrected chi connectivity index (χ0v) is 15.7. The average Bonchev–Trinajstić information content (AvgIpc) is 3.23. The van der Waals surface area contributed by atoms with Gasteiger partial charge in [0.25, 0.3) is 11.8 Å². The van der Waals surface area contributed by atoms with E-state index in [2.05, 4.69) is 19.7 Å². The molecule has 1 aliphatic rings. The number of carbonyl (C=O) groups is 2. The van der Waals surface area contributed by atoms with Crippen LogP contribution in [-0.2, 0) is 4.74 Å². The van der Waals surface area contributed by atoms with Crippen LogP contribution < -0.4 is 5.32 Å². The van der Waals surface area contributed by atoms with Crippen LogP contribution in [0.3, 0.4) is 0 Å². The second kappa shape index (κ2) is 8.24. The van der Waals surface area contributed by atoms with Crippen LogP contribution in [0.15, 0.2) is 48.7 Å². The van der Waals surface area contributed by atoms with E-state index >= 15 is 0 Å². The van der Waals surface area contributed by atoms with Crippen LogP contribution in [-0.4, -0.2) is 57.4 Å². The Morgan fingerprint density at radius 2 is 1.79 bits per heavy atom. The first kappa shape index (κ1) is 18.2. The van der Waals surface area contributed by atoms with Gasteiger partial charge in [-0.05, 0) is 36.4 Å². The van der Waals surface area contributed by atoms with Crippen LogP contribution in [0.5, 0.6) is 0 Å². The number of morpholine rings is 1. The molecule has 1 N–H and O–H groups in total. The summed E-state index contributed by atoms with van der Waals surface area (Å²) in [5.74, 6) is 0.0980. The molecule has 0 saturated carbocycles. The van der Waals surface area contributed by atoms with Gasteiger partial charge in [0.15, 0.2) is 5.82 Å². The Bertz CT molecular complexity index is 969. The van der Waals surface area contributed by atoms with Crippen molar-refractivity contribution >= 4 is 28.5 Å². The molecule has 3 heterocycles. The Labute approximate surface area is 165 Å². The number of anilines is 1. The molecular formula is C19H17N5O3S. The summed E-state index contributed by atoms with van der Waals surface area (Å²) in [5.41, 5.74) is 1.63. The van der Waals surface area contributed by atoms with Gasteiger partial charge in [0, 0.05) is 41.9 Å². The fourth-order valence-corrected chi connectivity index (χ4v) is 3.33. The summed E-state index contributed by atoms with van der Waals surface area (Å²) in [4.78, 5) is 35.1. The molecule has 9 heteroatoms. The molecule has 0 aliphatic carbocycles. The maximum absolute atomic E-state index is 12.5. The highest BCUT2D eigenvalue weighted by Crippen LogP contribution is 2.20. The lowest BCUT2D eigenvalue weighted by molar-refractivity contribution is 0.0303. The Morgan fingerprint density at radius 1 is 1.04 bits per heavy atom. The van der Waals surface area contributed by atoms with E-state index in [1.807, 2.05) is 12.1 Å². The van der Waals surface area contributed by atoms with Gasteiger partial charge in [-0.15, -0.1) is 0 Å². The predicted molar refractivity (Wildman–Crippen MR) is 104 cm³/mol. The zero-order valence-electron chi connectivity index (χ0n) is 14.9. The zero-order chi connectivity index (χ0) is 19.3. The SMILES string of the molecule is O=C(Nc1nc(-c2ccccn2)ns1)c1ccc(C(=O)N2CCOCC2)cc1. The number of benzene rings is 1. The maximum atomic E-state index is 12.5. The number of hydrogen-bond acceptors (Lipinski definition) is 7. The molecule has 1 aliphatic heterocycles. The van der Waals surface area contributed by atoms with Gasteiger partial charge in [-0.25, -0.2) is 0 Å². The molecule has 2 aromatic heterocycles. The lowest BCUT2D eigenvalue weighted by atomic mass is 10.1. The van der Waals surface area contributed by atoms with Gasteiger partial charge in [0.05, 0.1) is 13.2 Å². The Balaban J connectivity index is 1.41. The normalized spacial score (nSPS) is 13.9. The third-order valence-corrected chi connectivity index (χ3v) is 4.86. The number of rotatable bonds is 4. The number of pyridine rings is 1. The van der Waals surface area contributed by atoms with E-state index in [0.717, 1.165) is 11.5 Å². The first-order valence-electron chi connectivity index (χ1n) is 8.74. The second-order valence-corrected chi connectivity index (χ2v) is 6.83. The van der Waals surface area contributed by atoms with Gasteiger partial charge in [0.2, 0.25) is 5.13 Å². The molecule has 4 rings (SSSR count). The average molecular weight is 395 g/mol. The van der Waals surface area contributed by atoms with Gasteiger partial charge in [-0.2, -0.15) is 9.36 Å². The van der Waals surface area contributed by atoms with E-state index < -0.39 is 0 Å². The number of amides is 2. The number of ether oxygens (including phenoxy) is 1. The van der Waals surface area contributed by atoms with Gasteiger partial charge < -0.3 is 9.64 Å². The fourth-order valence-electron chi connectivity index (χ4n) is 2.76. The highest BCUT2D eigenvalue weighted by Gasteiger charge is 2.19. The summed E-state index contributed by atoms with van der Waals surface area (Å²) in [6.45, 7) is 2.26. The second-order valence-electron chi connectivity index (χ2n) is 6.07. The molecule has 142 valence electrons. The number of nitrogens with one attached hydrogen (secondary N) is 1. The van der Waals surface area contributed by atoms with Crippen molar-refractivity contribution in [1.82, 2.24) is 19.2 Å². The van der Waals surface area contributed by atoms with Gasteiger partial charge >= 0.3 is 0 Å². The van der Waals surface area contributed by atoms with E-state index in [9.17, 15) is 9.59 Å². The van der Waals surface area contributed by atoms with Gasteiger partial charge in [-0.3, -0.25) is 19.9 Å². The first-order valence-corrected chi connectivity index (χ1v) is 9.51. The highest BCUT2D eigenvalue weighted by atomic mass is 32.1. The smallest absolute Gasteiger partial charge is 0.257 e. The van der Waals surface area contributed by atoms with Crippen molar-refractivity contribution in [3.05, 3.63) is 59.8 Å². The molecule has 0 unspecified atom stereocenters. The standard InChI is InChI=1S/C19H17N5O3S/c25-17(22-19-21-16(23-28-19)15-3-1-2-8-20-15)13-4-6-14(7-5-13)18(26)24-9-11-27-12-10-24/h1-8H,9-12H2,(H,21,22,23,25). The van der Waals surface area contributed by atoms with Crippen LogP contribution in [0.1, 0.15) is 20.7 Å². The minimum Gasteiger partial charge on any atom is -0.378 e. The first-order chi connectivity index (χ1) is 13.7. The van der Waals surface area contributed by atoms with E-state index in [1.165, 1.54) is 0 Å². The van der Waals surface area contributed by atoms with Crippen LogP contribution in [0.25, 0.3) is 11.5 Å². The molecule has 28 heavy (non-hydrogen) atoms. The van der Waals surface area contributed by atoms with Crippen molar-refractivity contribution in [3.63, 3.8) is 0 Å². The molecule has 0 spiro atoms. The van der Waals surface area contributed by atoms with Crippen molar-refractivity contribution in [1.29, 1.82) is 0 Å². The molecule has 3 aromatic rings. The summed E-state index contributed by atoms with van der Waals surface area (Å²) in [5, 5.41) is 3.11. The summed E-state index contributed by atoms with van der Waals surface area (Å²) >= 11 is 1.09. The van der Waals surface area contributed by atoms with Crippen LogP contribution in [0.4, 0.5) is 5.13 Å². The monoisotopic (exact) mass is 395 g/mol. The molecule has 1 saturated heterocycles. The van der Waals surface area contributed by atoms with E-state index in [1.54, 1.807) is 41.4 Å². The third-order valence-electron chi connectivity index (χ3n) is 4.23. The molecule has 2 amide bonds. The van der Waals surface area contributed by atoms with E-state index in [4.69, 9.17) is 4.74 Å². The predicted octanol–water partition coefficient (Wildman–Crippen LogP) is 2.32. The lowest BCUT2D eigenvalue weighted by Gasteiger charge is -2.26. The third kappa shape index (κ3) is 4.05. The molecular weight excluding hydrogens is 378 g/mol. The Morgan fingerprint density at radius 3 is 2.50 bits per heavy atom. The van der Waals surface area contributed by atoms with Gasteiger partial charge in [0.1, 0.15) is 5.69 Å². The summed E-state index contributed by atoms with van der Waals surface area (Å²) in [7, 11) is 0. The summed E-state index contributed by atoms with van der Waals surface area (Å²) in [6.07, 6.45) is 1.66. The van der Waals surface area contributed by atoms with Crippen molar-refractivity contribution < 1.29 is 14.3 Å². The van der Waals surface area contributed by atoms with Crippen molar-refractivity contribution in [2.24, 2.45) is 0 Å². The van der Waals surface area contributed by atoms with Crippen LogP contribution in [0, 0.1) is 0 Å². The number of carbonyl (C=O) groups excluding carboxylic acids is 2. The molecule has 8 nitrogen and oxygen atoms in total. The summed E-state index contributed by atoms with van der Waals surface area (Å²) < 4.78 is 9.48. The number of nitrogens with zero attached hydrogens (tertiary/aromatic N) is 4. The van der Waals surface area contributed by atoms with E-state index in [0.29, 0.717) is 54.1 Å².